The van der Waals surface area contributed by atoms with Crippen LogP contribution in [0.2, 0.25) is 0 Å². The van der Waals surface area contributed by atoms with Gasteiger partial charge in [0, 0.05) is 17.7 Å². The van der Waals surface area contributed by atoms with Crippen molar-refractivity contribution < 1.29 is 14.7 Å². The number of allylic oxidation sites excluding steroid dienone is 3. The molecule has 1 aliphatic rings. The Morgan fingerprint density at radius 1 is 1.29 bits per heavy atom. The summed E-state index contributed by atoms with van der Waals surface area (Å²) >= 11 is 0. The minimum atomic E-state index is -0.358. The van der Waals surface area contributed by atoms with Gasteiger partial charge in [-0.3, -0.25) is 9.59 Å². The second-order valence-corrected chi connectivity index (χ2v) is 5.93. The molecule has 0 atom stereocenters. The molecule has 0 aromatic heterocycles. The topological polar surface area (TPSA) is 66.4 Å². The number of ketones is 1. The molecular formula is C17H25NO3. The lowest BCUT2D eigenvalue weighted by Crippen LogP contribution is -2.49. The standard InChI is InChI=1S/C17H25NO3/c1-4-9-17(3)11-14(12-17)18-16(21)13(5-2)6-7-15(20)8-10-19/h5-8,10,14,19H,4,9,11-12H2,1-3H3,(H,18,21)/b7-6-,10-8-,13-5+. The predicted molar refractivity (Wildman–Crippen MR) is 83.9 cm³/mol. The first-order valence-corrected chi connectivity index (χ1v) is 7.44. The molecule has 4 heteroatoms. The van der Waals surface area contributed by atoms with Crippen LogP contribution in [0, 0.1) is 5.41 Å². The first-order chi connectivity index (χ1) is 9.94. The maximum atomic E-state index is 12.1. The normalized spacial score (nSPS) is 26.0. The molecule has 2 N–H and O–H groups in total. The number of nitrogens with one attached hydrogen (secondary N) is 1. The van der Waals surface area contributed by atoms with Gasteiger partial charge in [0.15, 0.2) is 5.78 Å². The average molecular weight is 291 g/mol. The molecule has 0 spiro atoms. The molecule has 0 aromatic rings. The molecule has 1 fully saturated rings. The fourth-order valence-corrected chi connectivity index (χ4v) is 2.91. The Balaban J connectivity index is 2.49. The van der Waals surface area contributed by atoms with Crippen LogP contribution in [0.4, 0.5) is 0 Å². The summed E-state index contributed by atoms with van der Waals surface area (Å²) in [6, 6.07) is 0.227. The zero-order valence-corrected chi connectivity index (χ0v) is 13.1. The van der Waals surface area contributed by atoms with Crippen molar-refractivity contribution in [2.24, 2.45) is 5.41 Å². The van der Waals surface area contributed by atoms with Crippen molar-refractivity contribution in [3.8, 4) is 0 Å². The number of aliphatic hydroxyl groups excluding tert-OH is 1. The van der Waals surface area contributed by atoms with Crippen LogP contribution in [0.5, 0.6) is 0 Å². The van der Waals surface area contributed by atoms with Crippen LogP contribution in [0.1, 0.15) is 46.5 Å². The van der Waals surface area contributed by atoms with E-state index in [0.717, 1.165) is 18.9 Å². The van der Waals surface area contributed by atoms with E-state index >= 15 is 0 Å². The van der Waals surface area contributed by atoms with Crippen LogP contribution < -0.4 is 5.32 Å². The lowest BCUT2D eigenvalue weighted by Gasteiger charge is -2.45. The number of carbonyl (C=O) groups is 2. The number of amides is 1. The Labute approximate surface area is 126 Å². The van der Waals surface area contributed by atoms with Gasteiger partial charge in [-0.25, -0.2) is 0 Å². The third-order valence-corrected chi connectivity index (χ3v) is 3.91. The van der Waals surface area contributed by atoms with Gasteiger partial charge < -0.3 is 10.4 Å². The number of carbonyl (C=O) groups excluding carboxylic acids is 2. The van der Waals surface area contributed by atoms with E-state index in [1.54, 1.807) is 13.0 Å². The Bertz CT molecular complexity index is 468. The van der Waals surface area contributed by atoms with Crippen LogP contribution >= 0.6 is 0 Å². The highest BCUT2D eigenvalue weighted by molar-refractivity contribution is 6.02. The van der Waals surface area contributed by atoms with E-state index in [1.807, 2.05) is 0 Å². The summed E-state index contributed by atoms with van der Waals surface area (Å²) in [6.45, 7) is 6.20. The molecule has 0 bridgehead atoms. The van der Waals surface area contributed by atoms with Gasteiger partial charge in [0.25, 0.3) is 5.91 Å². The molecule has 1 amide bonds. The van der Waals surface area contributed by atoms with Crippen molar-refractivity contribution in [2.45, 2.75) is 52.5 Å². The van der Waals surface area contributed by atoms with Gasteiger partial charge in [0.1, 0.15) is 0 Å². The second-order valence-electron chi connectivity index (χ2n) is 5.93. The molecule has 1 saturated carbocycles. The van der Waals surface area contributed by atoms with Crippen LogP contribution in [0.3, 0.4) is 0 Å². The average Bonchev–Trinajstić information content (AvgIpc) is 2.38. The van der Waals surface area contributed by atoms with Crippen LogP contribution in [-0.2, 0) is 9.59 Å². The van der Waals surface area contributed by atoms with Crippen molar-refractivity contribution >= 4 is 11.7 Å². The Morgan fingerprint density at radius 3 is 2.48 bits per heavy atom. The van der Waals surface area contributed by atoms with Gasteiger partial charge in [0.2, 0.25) is 0 Å². The predicted octanol–water partition coefficient (Wildman–Crippen LogP) is 3.21. The molecule has 0 aliphatic heterocycles. The van der Waals surface area contributed by atoms with Crippen LogP contribution in [0.15, 0.2) is 36.1 Å². The van der Waals surface area contributed by atoms with Crippen LogP contribution in [0.25, 0.3) is 0 Å². The zero-order chi connectivity index (χ0) is 15.9. The molecule has 1 rings (SSSR count). The fraction of sp³-hybridized carbons (Fsp3) is 0.529. The Hall–Kier alpha value is -1.84. The molecule has 21 heavy (non-hydrogen) atoms. The van der Waals surface area contributed by atoms with Gasteiger partial charge in [-0.2, -0.15) is 0 Å². The van der Waals surface area contributed by atoms with Crippen molar-refractivity contribution in [3.63, 3.8) is 0 Å². The van der Waals surface area contributed by atoms with E-state index in [1.165, 1.54) is 25.0 Å². The molecule has 1 aliphatic carbocycles. The third kappa shape index (κ3) is 5.21. The number of hydrogen-bond acceptors (Lipinski definition) is 3. The van der Waals surface area contributed by atoms with Crippen molar-refractivity contribution in [2.75, 3.05) is 0 Å². The minimum Gasteiger partial charge on any atom is -0.515 e. The largest absolute Gasteiger partial charge is 0.515 e. The maximum Gasteiger partial charge on any atom is 0.251 e. The highest BCUT2D eigenvalue weighted by Gasteiger charge is 2.39. The van der Waals surface area contributed by atoms with Gasteiger partial charge >= 0.3 is 0 Å². The van der Waals surface area contributed by atoms with Crippen LogP contribution in [-0.4, -0.2) is 22.8 Å². The first kappa shape index (κ1) is 17.2. The Morgan fingerprint density at radius 2 is 1.95 bits per heavy atom. The summed E-state index contributed by atoms with van der Waals surface area (Å²) in [5.41, 5.74) is 0.819. The SMILES string of the molecule is C/C=C(\C=C/C(=O)/C=C\O)C(=O)NC1CC(C)(CCC)C1. The smallest absolute Gasteiger partial charge is 0.251 e. The molecule has 116 valence electrons. The van der Waals surface area contributed by atoms with E-state index in [0.29, 0.717) is 17.3 Å². The first-order valence-electron chi connectivity index (χ1n) is 7.44. The summed E-state index contributed by atoms with van der Waals surface area (Å²) in [7, 11) is 0. The minimum absolute atomic E-state index is 0.155. The highest BCUT2D eigenvalue weighted by atomic mass is 16.2. The molecule has 0 saturated heterocycles. The van der Waals surface area contributed by atoms with E-state index < -0.39 is 0 Å². The lowest BCUT2D eigenvalue weighted by molar-refractivity contribution is -0.119. The molecule has 0 aromatic carbocycles. The molecule has 0 radical (unpaired) electrons. The number of aliphatic hydroxyl groups is 1. The van der Waals surface area contributed by atoms with Gasteiger partial charge in [-0.15, -0.1) is 0 Å². The van der Waals surface area contributed by atoms with Gasteiger partial charge in [0.05, 0.1) is 6.26 Å². The van der Waals surface area contributed by atoms with E-state index in [2.05, 4.69) is 19.2 Å². The van der Waals surface area contributed by atoms with Gasteiger partial charge in [-0.05, 0) is 43.8 Å². The zero-order valence-electron chi connectivity index (χ0n) is 13.1. The monoisotopic (exact) mass is 291 g/mol. The second kappa shape index (κ2) is 7.81. The fourth-order valence-electron chi connectivity index (χ4n) is 2.91. The summed E-state index contributed by atoms with van der Waals surface area (Å²) < 4.78 is 0. The highest BCUT2D eigenvalue weighted by Crippen LogP contribution is 2.44. The quantitative estimate of drug-likeness (QED) is 0.430. The summed E-state index contributed by atoms with van der Waals surface area (Å²) in [6.07, 6.45) is 10.5. The van der Waals surface area contributed by atoms with Gasteiger partial charge in [-0.1, -0.05) is 26.3 Å². The van der Waals surface area contributed by atoms with E-state index in [4.69, 9.17) is 5.11 Å². The molecule has 4 nitrogen and oxygen atoms in total. The Kier molecular flexibility index (Phi) is 6.40. The third-order valence-electron chi connectivity index (χ3n) is 3.91. The molecule has 0 unspecified atom stereocenters. The number of rotatable bonds is 7. The summed E-state index contributed by atoms with van der Waals surface area (Å²) in [5.74, 6) is -0.512. The molecule has 0 heterocycles. The van der Waals surface area contributed by atoms with E-state index in [9.17, 15) is 9.59 Å². The number of hydrogen-bond donors (Lipinski definition) is 2. The lowest BCUT2D eigenvalue weighted by atomic mass is 9.64. The van der Waals surface area contributed by atoms with Crippen molar-refractivity contribution in [1.29, 1.82) is 0 Å². The summed E-state index contributed by atoms with van der Waals surface area (Å²) in [5, 5.41) is 11.5. The summed E-state index contributed by atoms with van der Waals surface area (Å²) in [4.78, 5) is 23.3. The maximum absolute atomic E-state index is 12.1. The molecular weight excluding hydrogens is 266 g/mol. The van der Waals surface area contributed by atoms with Crippen molar-refractivity contribution in [3.05, 3.63) is 36.1 Å². The van der Waals surface area contributed by atoms with Crippen molar-refractivity contribution in [1.82, 2.24) is 5.32 Å². The van der Waals surface area contributed by atoms with E-state index in [-0.39, 0.29) is 17.7 Å².